The van der Waals surface area contributed by atoms with Crippen LogP contribution < -0.4 is 5.73 Å². The number of fused-ring (bicyclic) bond motifs is 1. The van der Waals surface area contributed by atoms with Gasteiger partial charge in [0.25, 0.3) is 0 Å². The Morgan fingerprint density at radius 1 is 0.947 bits per heavy atom. The monoisotopic (exact) mass is 573 g/mol. The number of ether oxygens (including phenoxy) is 2. The van der Waals surface area contributed by atoms with Crippen LogP contribution in [0.5, 0.6) is 0 Å². The summed E-state index contributed by atoms with van der Waals surface area (Å²) >= 11 is 9.47. The zero-order valence-corrected chi connectivity index (χ0v) is 24.6. The maximum atomic E-state index is 11.7. The summed E-state index contributed by atoms with van der Waals surface area (Å²) in [4.78, 5) is 35.5. The molecule has 4 aromatic rings. The molecular formula is C28H32ClN3O4S2. The van der Waals surface area contributed by atoms with Gasteiger partial charge in [0.05, 0.1) is 24.8 Å². The number of thiophene rings is 2. The summed E-state index contributed by atoms with van der Waals surface area (Å²) in [6.45, 7) is 8.28. The second-order valence-corrected chi connectivity index (χ2v) is 11.1. The molecule has 4 rings (SSSR count). The van der Waals surface area contributed by atoms with Crippen molar-refractivity contribution in [3.05, 3.63) is 61.9 Å². The van der Waals surface area contributed by atoms with Crippen molar-refractivity contribution in [2.75, 3.05) is 19.5 Å². The number of nitrogens with zero attached hydrogens (tertiary/aromatic N) is 2. The third kappa shape index (κ3) is 7.09. The zero-order chi connectivity index (χ0) is 27.8. The molecule has 0 aliphatic heterocycles. The first-order chi connectivity index (χ1) is 18.2. The van der Waals surface area contributed by atoms with E-state index in [0.29, 0.717) is 33.7 Å². The quantitative estimate of drug-likeness (QED) is 0.172. The normalized spacial score (nSPS) is 10.7. The first-order valence-electron chi connectivity index (χ1n) is 12.4. The Morgan fingerprint density at radius 2 is 1.63 bits per heavy atom. The summed E-state index contributed by atoms with van der Waals surface area (Å²) in [7, 11) is 1.37. The van der Waals surface area contributed by atoms with E-state index < -0.39 is 0 Å². The number of carbonyl (C=O) groups is 2. The zero-order valence-electron chi connectivity index (χ0n) is 22.2. The van der Waals surface area contributed by atoms with Crippen molar-refractivity contribution in [2.24, 2.45) is 0 Å². The first kappa shape index (κ1) is 29.5. The molecule has 0 spiro atoms. The van der Waals surface area contributed by atoms with Crippen LogP contribution in [0, 0.1) is 6.92 Å². The number of hydrogen-bond donors (Lipinski definition) is 1. The highest BCUT2D eigenvalue weighted by molar-refractivity contribution is 7.18. The van der Waals surface area contributed by atoms with Crippen LogP contribution >= 0.6 is 34.3 Å². The Hall–Kier alpha value is -3.01. The van der Waals surface area contributed by atoms with Gasteiger partial charge in [0.1, 0.15) is 15.0 Å². The second kappa shape index (κ2) is 13.7. The third-order valence-corrected chi connectivity index (χ3v) is 7.99. The molecular weight excluding hydrogens is 542 g/mol. The van der Waals surface area contributed by atoms with Crippen LogP contribution in [0.25, 0.3) is 21.6 Å². The highest BCUT2D eigenvalue weighted by atomic mass is 35.5. The van der Waals surface area contributed by atoms with Gasteiger partial charge in [-0.1, -0.05) is 44.4 Å². The fourth-order valence-corrected chi connectivity index (χ4v) is 6.20. The number of halogens is 1. The molecule has 2 N–H and O–H groups in total. The lowest BCUT2D eigenvalue weighted by Crippen LogP contribution is -2.05. The highest BCUT2D eigenvalue weighted by Gasteiger charge is 2.15. The Morgan fingerprint density at radius 3 is 2.24 bits per heavy atom. The highest BCUT2D eigenvalue weighted by Crippen LogP contribution is 2.32. The van der Waals surface area contributed by atoms with Crippen LogP contribution in [0.15, 0.2) is 30.3 Å². The van der Waals surface area contributed by atoms with Crippen molar-refractivity contribution in [1.29, 1.82) is 0 Å². The van der Waals surface area contributed by atoms with Gasteiger partial charge < -0.3 is 15.2 Å². The van der Waals surface area contributed by atoms with Crippen molar-refractivity contribution in [2.45, 2.75) is 53.4 Å². The lowest BCUT2D eigenvalue weighted by atomic mass is 10.0. The van der Waals surface area contributed by atoms with Crippen LogP contribution in [0.1, 0.15) is 69.6 Å². The van der Waals surface area contributed by atoms with E-state index in [0.717, 1.165) is 51.9 Å². The molecule has 38 heavy (non-hydrogen) atoms. The van der Waals surface area contributed by atoms with Crippen LogP contribution in [0.4, 0.5) is 5.00 Å². The summed E-state index contributed by atoms with van der Waals surface area (Å²) in [6.07, 6.45) is 4.12. The van der Waals surface area contributed by atoms with E-state index in [9.17, 15) is 9.59 Å². The standard InChI is InChI=1S/C18H17ClN2O2S.C10H15NO2S/c1-4-5-12-9-14-15(19)20-16(21-17(14)24-12)11-6-7-13(10(2)8-11)18(22)23-3;1-3-5-7-6-8(9(11)14-7)10(12)13-4-2/h6-9H,4-5H2,1-3H3;6H,3-5,11H2,1-2H3. The molecule has 0 amide bonds. The largest absolute Gasteiger partial charge is 0.465 e. The molecule has 202 valence electrons. The Balaban J connectivity index is 0.000000244. The molecule has 0 unspecified atom stereocenters. The number of hydrogen-bond acceptors (Lipinski definition) is 9. The topological polar surface area (TPSA) is 104 Å². The van der Waals surface area contributed by atoms with E-state index in [4.69, 9.17) is 26.8 Å². The van der Waals surface area contributed by atoms with Crippen molar-refractivity contribution in [3.63, 3.8) is 0 Å². The molecule has 0 atom stereocenters. The first-order valence-corrected chi connectivity index (χ1v) is 14.4. The second-order valence-electron chi connectivity index (χ2n) is 8.50. The average Bonchev–Trinajstić information content (AvgIpc) is 3.47. The number of esters is 2. The van der Waals surface area contributed by atoms with E-state index >= 15 is 0 Å². The number of benzene rings is 1. The average molecular weight is 574 g/mol. The number of carbonyl (C=O) groups excluding carboxylic acids is 2. The van der Waals surface area contributed by atoms with Gasteiger partial charge >= 0.3 is 11.9 Å². The maximum Gasteiger partial charge on any atom is 0.341 e. The van der Waals surface area contributed by atoms with Crippen LogP contribution in [-0.2, 0) is 22.3 Å². The predicted octanol–water partition coefficient (Wildman–Crippen LogP) is 7.52. The number of rotatable bonds is 8. The number of aromatic nitrogens is 2. The molecule has 0 aliphatic carbocycles. The lowest BCUT2D eigenvalue weighted by Gasteiger charge is -2.07. The SMILES string of the molecule is CCCc1cc(C(=O)OCC)c(N)s1.CCCc1cc2c(Cl)nc(-c3ccc(C(=O)OC)c(C)c3)nc2s1. The van der Waals surface area contributed by atoms with Crippen LogP contribution in [0.3, 0.4) is 0 Å². The van der Waals surface area contributed by atoms with Crippen LogP contribution in [-0.4, -0.2) is 35.6 Å². The van der Waals surface area contributed by atoms with Crippen LogP contribution in [0.2, 0.25) is 5.15 Å². The van der Waals surface area contributed by atoms with Crippen molar-refractivity contribution < 1.29 is 19.1 Å². The van der Waals surface area contributed by atoms with Gasteiger partial charge in [0.15, 0.2) is 5.82 Å². The van der Waals surface area contributed by atoms with Gasteiger partial charge in [0.2, 0.25) is 0 Å². The number of anilines is 1. The molecule has 3 aromatic heterocycles. The van der Waals surface area contributed by atoms with Gasteiger partial charge in [-0.2, -0.15) is 0 Å². The van der Waals surface area contributed by atoms with Crippen molar-refractivity contribution in [3.8, 4) is 11.4 Å². The summed E-state index contributed by atoms with van der Waals surface area (Å²) in [5, 5.41) is 1.92. The number of aryl methyl sites for hydroxylation is 3. The molecule has 0 bridgehead atoms. The molecule has 0 saturated carbocycles. The number of methoxy groups -OCH3 is 1. The lowest BCUT2D eigenvalue weighted by molar-refractivity contribution is 0.0527. The van der Waals surface area contributed by atoms with E-state index in [1.54, 1.807) is 24.3 Å². The van der Waals surface area contributed by atoms with Gasteiger partial charge in [0, 0.05) is 20.7 Å². The predicted molar refractivity (Wildman–Crippen MR) is 157 cm³/mol. The molecule has 0 radical (unpaired) electrons. The summed E-state index contributed by atoms with van der Waals surface area (Å²) < 4.78 is 9.66. The summed E-state index contributed by atoms with van der Waals surface area (Å²) in [6, 6.07) is 9.33. The van der Waals surface area contributed by atoms with E-state index in [1.165, 1.54) is 23.3 Å². The summed E-state index contributed by atoms with van der Waals surface area (Å²) in [5.41, 5.74) is 8.42. The molecule has 1 aromatic carbocycles. The van der Waals surface area contributed by atoms with Gasteiger partial charge in [-0.3, -0.25) is 0 Å². The molecule has 0 fully saturated rings. The third-order valence-electron chi connectivity index (χ3n) is 5.59. The van der Waals surface area contributed by atoms with E-state index in [1.807, 2.05) is 25.1 Å². The summed E-state index contributed by atoms with van der Waals surface area (Å²) in [5.74, 6) is -0.101. The van der Waals surface area contributed by atoms with Crippen molar-refractivity contribution >= 4 is 61.4 Å². The van der Waals surface area contributed by atoms with E-state index in [2.05, 4.69) is 29.9 Å². The molecule has 0 saturated heterocycles. The molecule has 3 heterocycles. The van der Waals surface area contributed by atoms with Crippen molar-refractivity contribution in [1.82, 2.24) is 9.97 Å². The maximum absolute atomic E-state index is 11.7. The minimum absolute atomic E-state index is 0.316. The molecule has 10 heteroatoms. The van der Waals surface area contributed by atoms with E-state index in [-0.39, 0.29) is 11.9 Å². The van der Waals surface area contributed by atoms with Gasteiger partial charge in [-0.15, -0.1) is 22.7 Å². The fourth-order valence-electron chi connectivity index (χ4n) is 3.77. The Bertz CT molecular complexity index is 1430. The Labute approximate surface area is 236 Å². The fraction of sp³-hybridized carbons (Fsp3) is 0.357. The molecule has 7 nitrogen and oxygen atoms in total. The van der Waals surface area contributed by atoms with Gasteiger partial charge in [-0.25, -0.2) is 19.6 Å². The Kier molecular flexibility index (Phi) is 10.6. The minimum atomic E-state index is -0.351. The smallest absolute Gasteiger partial charge is 0.341 e. The van der Waals surface area contributed by atoms with Gasteiger partial charge in [-0.05, 0) is 56.5 Å². The number of nitrogens with two attached hydrogens (primary N) is 1. The minimum Gasteiger partial charge on any atom is -0.465 e. The molecule has 0 aliphatic rings. The number of nitrogen functional groups attached to an aromatic ring is 1.